The molecule has 0 aliphatic carbocycles. The Morgan fingerprint density at radius 2 is 2.45 bits per heavy atom. The molecule has 0 spiro atoms. The van der Waals surface area contributed by atoms with Gasteiger partial charge in [-0.3, -0.25) is 5.10 Å². The number of hydrogen-bond acceptors (Lipinski definition) is 2. The average Bonchev–Trinajstić information content (AvgIpc) is 2.40. The highest BCUT2D eigenvalue weighted by molar-refractivity contribution is 5.01. The van der Waals surface area contributed by atoms with E-state index in [2.05, 4.69) is 29.1 Å². The molecule has 1 aromatic heterocycles. The van der Waals surface area contributed by atoms with Gasteiger partial charge in [0.05, 0.1) is 6.20 Å². The molecule has 0 radical (unpaired) electrons. The summed E-state index contributed by atoms with van der Waals surface area (Å²) in [4.78, 5) is 2.28. The van der Waals surface area contributed by atoms with Crippen LogP contribution in [0.15, 0.2) is 12.4 Å². The Kier molecular flexibility index (Phi) is 3.11. The summed E-state index contributed by atoms with van der Waals surface area (Å²) < 4.78 is 0. The first-order chi connectivity index (χ1) is 5.33. The van der Waals surface area contributed by atoms with Crippen LogP contribution in [0.25, 0.3) is 0 Å². The molecule has 1 heterocycles. The third-order valence-electron chi connectivity index (χ3n) is 1.61. The van der Waals surface area contributed by atoms with Crippen LogP contribution >= 0.6 is 0 Å². The van der Waals surface area contributed by atoms with Gasteiger partial charge in [0.25, 0.3) is 0 Å². The van der Waals surface area contributed by atoms with Gasteiger partial charge >= 0.3 is 0 Å². The highest BCUT2D eigenvalue weighted by atomic mass is 15.1. The Hall–Kier alpha value is -0.830. The lowest BCUT2D eigenvalue weighted by molar-refractivity contribution is 0.327. The molecule has 0 bridgehead atoms. The molecule has 3 heteroatoms. The fourth-order valence-corrected chi connectivity index (χ4v) is 1.14. The number of hydrogen-bond donors (Lipinski definition) is 1. The largest absolute Gasteiger partial charge is 0.302 e. The molecular formula is C8H15N3. The maximum Gasteiger partial charge on any atom is 0.0532 e. The summed E-state index contributed by atoms with van der Waals surface area (Å²) in [5, 5.41) is 6.68. The Balaban J connectivity index is 2.31. The van der Waals surface area contributed by atoms with E-state index in [1.807, 2.05) is 12.4 Å². The predicted octanol–water partition coefficient (Wildman–Crippen LogP) is 1.25. The van der Waals surface area contributed by atoms with Crippen molar-refractivity contribution in [1.82, 2.24) is 15.1 Å². The molecule has 1 N–H and O–H groups in total. The molecule has 0 amide bonds. The minimum absolute atomic E-state index is 0.990. The Morgan fingerprint density at radius 1 is 1.64 bits per heavy atom. The average molecular weight is 153 g/mol. The van der Waals surface area contributed by atoms with Crippen LogP contribution in [-0.2, 0) is 6.54 Å². The summed E-state index contributed by atoms with van der Waals surface area (Å²) in [6.45, 7) is 4.32. The van der Waals surface area contributed by atoms with Crippen LogP contribution in [0, 0.1) is 0 Å². The Labute approximate surface area is 67.4 Å². The van der Waals surface area contributed by atoms with Gasteiger partial charge in [0.2, 0.25) is 0 Å². The third-order valence-corrected chi connectivity index (χ3v) is 1.61. The highest BCUT2D eigenvalue weighted by Crippen LogP contribution is 1.99. The van der Waals surface area contributed by atoms with Crippen molar-refractivity contribution in [3.8, 4) is 0 Å². The zero-order valence-electron chi connectivity index (χ0n) is 7.17. The van der Waals surface area contributed by atoms with E-state index < -0.39 is 0 Å². The van der Waals surface area contributed by atoms with E-state index in [1.165, 1.54) is 12.0 Å². The van der Waals surface area contributed by atoms with Crippen molar-refractivity contribution in [1.29, 1.82) is 0 Å². The van der Waals surface area contributed by atoms with Gasteiger partial charge in [-0.15, -0.1) is 0 Å². The summed E-state index contributed by atoms with van der Waals surface area (Å²) in [5.74, 6) is 0. The smallest absolute Gasteiger partial charge is 0.0532 e. The van der Waals surface area contributed by atoms with Gasteiger partial charge < -0.3 is 4.90 Å². The topological polar surface area (TPSA) is 31.9 Å². The van der Waals surface area contributed by atoms with Crippen molar-refractivity contribution in [2.24, 2.45) is 0 Å². The lowest BCUT2D eigenvalue weighted by Gasteiger charge is -2.13. The zero-order valence-corrected chi connectivity index (χ0v) is 7.17. The maximum atomic E-state index is 3.88. The summed E-state index contributed by atoms with van der Waals surface area (Å²) in [6, 6.07) is 0. The van der Waals surface area contributed by atoms with Crippen molar-refractivity contribution in [3.63, 3.8) is 0 Å². The van der Waals surface area contributed by atoms with Gasteiger partial charge in [-0.05, 0) is 20.0 Å². The molecule has 0 fully saturated rings. The zero-order chi connectivity index (χ0) is 8.10. The molecule has 0 aliphatic heterocycles. The highest BCUT2D eigenvalue weighted by Gasteiger charge is 1.98. The van der Waals surface area contributed by atoms with Crippen LogP contribution in [0.3, 0.4) is 0 Å². The Morgan fingerprint density at radius 3 is 3.00 bits per heavy atom. The Bertz CT molecular complexity index is 181. The lowest BCUT2D eigenvalue weighted by Crippen LogP contribution is -2.17. The van der Waals surface area contributed by atoms with E-state index in [0.717, 1.165) is 13.1 Å². The number of nitrogens with zero attached hydrogens (tertiary/aromatic N) is 2. The van der Waals surface area contributed by atoms with E-state index in [-0.39, 0.29) is 0 Å². The third kappa shape index (κ3) is 2.72. The van der Waals surface area contributed by atoms with E-state index in [4.69, 9.17) is 0 Å². The minimum Gasteiger partial charge on any atom is -0.302 e. The lowest BCUT2D eigenvalue weighted by atomic mass is 10.3. The van der Waals surface area contributed by atoms with Crippen molar-refractivity contribution in [3.05, 3.63) is 18.0 Å². The minimum atomic E-state index is 0.990. The van der Waals surface area contributed by atoms with E-state index in [0.29, 0.717) is 0 Å². The second-order valence-electron chi connectivity index (χ2n) is 2.84. The van der Waals surface area contributed by atoms with E-state index >= 15 is 0 Å². The molecule has 0 aromatic carbocycles. The quantitative estimate of drug-likeness (QED) is 0.706. The molecular weight excluding hydrogens is 138 g/mol. The molecule has 0 unspecified atom stereocenters. The fourth-order valence-electron chi connectivity index (χ4n) is 1.14. The molecule has 3 nitrogen and oxygen atoms in total. The molecule has 0 saturated carbocycles. The summed E-state index contributed by atoms with van der Waals surface area (Å²) >= 11 is 0. The predicted molar refractivity (Wildman–Crippen MR) is 45.2 cm³/mol. The van der Waals surface area contributed by atoms with Crippen molar-refractivity contribution < 1.29 is 0 Å². The van der Waals surface area contributed by atoms with Gasteiger partial charge in [-0.2, -0.15) is 5.10 Å². The van der Waals surface area contributed by atoms with Crippen LogP contribution in [0.5, 0.6) is 0 Å². The number of nitrogens with one attached hydrogen (secondary N) is 1. The van der Waals surface area contributed by atoms with E-state index in [1.54, 1.807) is 0 Å². The second kappa shape index (κ2) is 4.13. The molecule has 0 saturated heterocycles. The van der Waals surface area contributed by atoms with Crippen LogP contribution < -0.4 is 0 Å². The molecule has 1 rings (SSSR count). The monoisotopic (exact) mass is 153 g/mol. The van der Waals surface area contributed by atoms with Gasteiger partial charge in [0.1, 0.15) is 0 Å². The summed E-state index contributed by atoms with van der Waals surface area (Å²) in [5.41, 5.74) is 1.25. The summed E-state index contributed by atoms with van der Waals surface area (Å²) in [6.07, 6.45) is 5.01. The molecule has 1 aromatic rings. The van der Waals surface area contributed by atoms with Crippen LogP contribution in [-0.4, -0.2) is 28.7 Å². The number of aromatic nitrogens is 2. The van der Waals surface area contributed by atoms with Gasteiger partial charge in [-0.25, -0.2) is 0 Å². The fraction of sp³-hybridized carbons (Fsp3) is 0.625. The standard InChI is InChI=1S/C8H15N3/c1-3-4-11(2)7-8-5-9-10-6-8/h5-6H,3-4,7H2,1-2H3,(H,9,10). The maximum absolute atomic E-state index is 3.88. The van der Waals surface area contributed by atoms with Crippen molar-refractivity contribution >= 4 is 0 Å². The normalized spacial score (nSPS) is 10.8. The van der Waals surface area contributed by atoms with E-state index in [9.17, 15) is 0 Å². The SMILES string of the molecule is CCCN(C)Cc1cn[nH]c1. The molecule has 62 valence electrons. The van der Waals surface area contributed by atoms with Crippen molar-refractivity contribution in [2.75, 3.05) is 13.6 Å². The van der Waals surface area contributed by atoms with Gasteiger partial charge in [0, 0.05) is 18.3 Å². The second-order valence-corrected chi connectivity index (χ2v) is 2.84. The van der Waals surface area contributed by atoms with Gasteiger partial charge in [0.15, 0.2) is 0 Å². The van der Waals surface area contributed by atoms with Crippen LogP contribution in [0.1, 0.15) is 18.9 Å². The first-order valence-corrected chi connectivity index (χ1v) is 3.99. The molecule has 0 atom stereocenters. The van der Waals surface area contributed by atoms with Crippen LogP contribution in [0.2, 0.25) is 0 Å². The number of H-pyrrole nitrogens is 1. The summed E-state index contributed by atoms with van der Waals surface area (Å²) in [7, 11) is 2.12. The van der Waals surface area contributed by atoms with Gasteiger partial charge in [-0.1, -0.05) is 6.92 Å². The first kappa shape index (κ1) is 8.27. The number of rotatable bonds is 4. The first-order valence-electron chi connectivity index (χ1n) is 3.99. The molecule has 11 heavy (non-hydrogen) atoms. The van der Waals surface area contributed by atoms with Crippen LogP contribution in [0.4, 0.5) is 0 Å². The molecule has 0 aliphatic rings. The number of aromatic amines is 1. The van der Waals surface area contributed by atoms with Crippen molar-refractivity contribution in [2.45, 2.75) is 19.9 Å².